The molecule has 0 atom stereocenters. The lowest BCUT2D eigenvalue weighted by atomic mass is 9.97. The maximum absolute atomic E-state index is 12.5. The van der Waals surface area contributed by atoms with E-state index in [4.69, 9.17) is 23.2 Å². The van der Waals surface area contributed by atoms with E-state index in [0.717, 1.165) is 0 Å². The molecule has 10 heteroatoms. The zero-order valence-electron chi connectivity index (χ0n) is 14.8. The molecule has 0 saturated carbocycles. The number of hydrogen-bond donors (Lipinski definition) is 1. The fraction of sp³-hybridized carbons (Fsp3) is 0.444. The highest BCUT2D eigenvalue weighted by Gasteiger charge is 2.32. The monoisotopic (exact) mass is 434 g/mol. The number of piperidine rings is 1. The van der Waals surface area contributed by atoms with Gasteiger partial charge < -0.3 is 5.32 Å². The molecule has 3 rings (SSSR count). The number of hydrogen-bond acceptors (Lipinski definition) is 4. The summed E-state index contributed by atoms with van der Waals surface area (Å²) in [5.41, 5.74) is 0.489. The number of aromatic nitrogens is 2. The standard InChI is InChI=1S/C18H19Cl2F3N4O/c19-13-1-3-14(4-2-13)27-17(28)16(20)15(10-25-27)24-9-12-5-7-26(8-6-12)11-18(21,22)23/h1-4,10,12,24H,5-9,11H2. The summed E-state index contributed by atoms with van der Waals surface area (Å²) < 4.78 is 38.5. The van der Waals surface area contributed by atoms with Crippen LogP contribution in [0.15, 0.2) is 35.3 Å². The smallest absolute Gasteiger partial charge is 0.382 e. The van der Waals surface area contributed by atoms with E-state index in [0.29, 0.717) is 48.9 Å². The van der Waals surface area contributed by atoms with Crippen molar-refractivity contribution in [2.24, 2.45) is 5.92 Å². The molecule has 0 spiro atoms. The van der Waals surface area contributed by atoms with Gasteiger partial charge in [0.2, 0.25) is 0 Å². The molecule has 1 fully saturated rings. The number of likely N-dealkylation sites (tertiary alicyclic amines) is 1. The number of nitrogens with zero attached hydrogens (tertiary/aromatic N) is 3. The molecule has 0 bridgehead atoms. The van der Waals surface area contributed by atoms with Crippen LogP contribution in [0.1, 0.15) is 12.8 Å². The Hall–Kier alpha value is -1.77. The topological polar surface area (TPSA) is 50.2 Å². The molecule has 1 aromatic carbocycles. The van der Waals surface area contributed by atoms with Crippen molar-refractivity contribution in [2.45, 2.75) is 19.0 Å². The van der Waals surface area contributed by atoms with E-state index in [1.165, 1.54) is 15.8 Å². The summed E-state index contributed by atoms with van der Waals surface area (Å²) >= 11 is 12.0. The normalized spacial score (nSPS) is 16.3. The van der Waals surface area contributed by atoms with Crippen LogP contribution >= 0.6 is 23.2 Å². The van der Waals surface area contributed by atoms with Crippen LogP contribution in [0.5, 0.6) is 0 Å². The minimum Gasteiger partial charge on any atom is -0.382 e. The lowest BCUT2D eigenvalue weighted by Gasteiger charge is -2.32. The fourth-order valence-electron chi connectivity index (χ4n) is 3.18. The van der Waals surface area contributed by atoms with E-state index in [9.17, 15) is 18.0 Å². The Bertz CT molecular complexity index is 863. The predicted molar refractivity (Wildman–Crippen MR) is 104 cm³/mol. The van der Waals surface area contributed by atoms with Crippen molar-refractivity contribution >= 4 is 28.9 Å². The highest BCUT2D eigenvalue weighted by Crippen LogP contribution is 2.24. The SMILES string of the molecule is O=c1c(Cl)c(NCC2CCN(CC(F)(F)F)CC2)cnn1-c1ccc(Cl)cc1. The first-order valence-corrected chi connectivity index (χ1v) is 9.55. The van der Waals surface area contributed by atoms with Gasteiger partial charge in [-0.25, -0.2) is 0 Å². The Morgan fingerprint density at radius 2 is 1.79 bits per heavy atom. The molecular weight excluding hydrogens is 416 g/mol. The number of nitrogens with one attached hydrogen (secondary N) is 1. The van der Waals surface area contributed by atoms with Gasteiger partial charge in [0.15, 0.2) is 0 Å². The maximum atomic E-state index is 12.5. The van der Waals surface area contributed by atoms with Gasteiger partial charge in [-0.05, 0) is 56.1 Å². The average Bonchev–Trinajstić information content (AvgIpc) is 2.64. The van der Waals surface area contributed by atoms with E-state index in [1.54, 1.807) is 24.3 Å². The predicted octanol–water partition coefficient (Wildman–Crippen LogP) is 4.23. The number of benzene rings is 1. The summed E-state index contributed by atoms with van der Waals surface area (Å²) in [6.45, 7) is 0.448. The third kappa shape index (κ3) is 5.40. The van der Waals surface area contributed by atoms with Gasteiger partial charge >= 0.3 is 6.18 Å². The third-order valence-corrected chi connectivity index (χ3v) is 5.30. The Balaban J connectivity index is 1.59. The van der Waals surface area contributed by atoms with E-state index in [-0.39, 0.29) is 10.9 Å². The minimum atomic E-state index is -4.17. The van der Waals surface area contributed by atoms with E-state index in [1.807, 2.05) is 0 Å². The molecule has 2 heterocycles. The third-order valence-electron chi connectivity index (χ3n) is 4.68. The molecular formula is C18H19Cl2F3N4O. The van der Waals surface area contributed by atoms with Gasteiger partial charge in [-0.1, -0.05) is 23.2 Å². The highest BCUT2D eigenvalue weighted by molar-refractivity contribution is 6.33. The van der Waals surface area contributed by atoms with Gasteiger partial charge in [-0.2, -0.15) is 23.0 Å². The van der Waals surface area contributed by atoms with E-state index < -0.39 is 18.3 Å². The van der Waals surface area contributed by atoms with Crippen LogP contribution in [0.3, 0.4) is 0 Å². The zero-order valence-corrected chi connectivity index (χ0v) is 16.4. The van der Waals surface area contributed by atoms with Crippen molar-refractivity contribution in [2.75, 3.05) is 31.5 Å². The number of alkyl halides is 3. The van der Waals surface area contributed by atoms with Crippen LogP contribution in [-0.2, 0) is 0 Å². The molecule has 28 heavy (non-hydrogen) atoms. The van der Waals surface area contributed by atoms with Crippen LogP contribution in [0.2, 0.25) is 10.0 Å². The Morgan fingerprint density at radius 1 is 1.14 bits per heavy atom. The summed E-state index contributed by atoms with van der Waals surface area (Å²) in [4.78, 5) is 13.9. The first kappa shape index (κ1) is 21.0. The van der Waals surface area contributed by atoms with Crippen molar-refractivity contribution in [3.8, 4) is 5.69 Å². The van der Waals surface area contributed by atoms with Gasteiger partial charge in [0, 0.05) is 11.6 Å². The molecule has 1 aliphatic heterocycles. The Labute approximate surface area is 170 Å². The largest absolute Gasteiger partial charge is 0.401 e. The van der Waals surface area contributed by atoms with Crippen LogP contribution < -0.4 is 10.9 Å². The molecule has 0 radical (unpaired) electrons. The van der Waals surface area contributed by atoms with Crippen molar-refractivity contribution < 1.29 is 13.2 Å². The van der Waals surface area contributed by atoms with Gasteiger partial charge in [0.1, 0.15) is 5.02 Å². The summed E-state index contributed by atoms with van der Waals surface area (Å²) in [6, 6.07) is 6.62. The van der Waals surface area contributed by atoms with Gasteiger partial charge in [-0.15, -0.1) is 0 Å². The minimum absolute atomic E-state index is 0.0134. The Kier molecular flexibility index (Phi) is 6.52. The summed E-state index contributed by atoms with van der Waals surface area (Å²) in [6.07, 6.45) is -1.40. The van der Waals surface area contributed by atoms with E-state index >= 15 is 0 Å². The molecule has 0 aliphatic carbocycles. The van der Waals surface area contributed by atoms with Crippen molar-refractivity contribution in [1.82, 2.24) is 14.7 Å². The molecule has 1 aliphatic rings. The van der Waals surface area contributed by atoms with Crippen molar-refractivity contribution in [3.63, 3.8) is 0 Å². The van der Waals surface area contributed by atoms with Gasteiger partial charge in [0.25, 0.3) is 5.56 Å². The number of anilines is 1. The van der Waals surface area contributed by atoms with Crippen LogP contribution in [0.4, 0.5) is 18.9 Å². The molecule has 0 unspecified atom stereocenters. The van der Waals surface area contributed by atoms with Crippen LogP contribution in [0, 0.1) is 5.92 Å². The first-order chi connectivity index (χ1) is 13.2. The second-order valence-corrected chi connectivity index (χ2v) is 7.60. The van der Waals surface area contributed by atoms with Gasteiger partial charge in [-0.3, -0.25) is 9.69 Å². The van der Waals surface area contributed by atoms with Crippen molar-refractivity contribution in [1.29, 1.82) is 0 Å². The molecule has 152 valence electrons. The second kappa shape index (κ2) is 8.71. The second-order valence-electron chi connectivity index (χ2n) is 6.78. The molecule has 1 aromatic heterocycles. The number of rotatable bonds is 5. The molecule has 0 amide bonds. The van der Waals surface area contributed by atoms with E-state index in [2.05, 4.69) is 10.4 Å². The lowest BCUT2D eigenvalue weighted by molar-refractivity contribution is -0.148. The highest BCUT2D eigenvalue weighted by atomic mass is 35.5. The van der Waals surface area contributed by atoms with Crippen LogP contribution in [-0.4, -0.2) is 47.0 Å². The zero-order chi connectivity index (χ0) is 20.3. The number of halogens is 5. The summed E-state index contributed by atoms with van der Waals surface area (Å²) in [5, 5.41) is 7.80. The lowest BCUT2D eigenvalue weighted by Crippen LogP contribution is -2.41. The summed E-state index contributed by atoms with van der Waals surface area (Å²) in [5.74, 6) is 0.208. The molecule has 1 N–H and O–H groups in total. The van der Waals surface area contributed by atoms with Crippen LogP contribution in [0.25, 0.3) is 5.69 Å². The molecule has 2 aromatic rings. The maximum Gasteiger partial charge on any atom is 0.401 e. The Morgan fingerprint density at radius 3 is 2.39 bits per heavy atom. The first-order valence-electron chi connectivity index (χ1n) is 8.80. The average molecular weight is 435 g/mol. The molecule has 1 saturated heterocycles. The quantitative estimate of drug-likeness (QED) is 0.764. The summed E-state index contributed by atoms with van der Waals surface area (Å²) in [7, 11) is 0. The fourth-order valence-corrected chi connectivity index (χ4v) is 3.50. The molecule has 5 nitrogen and oxygen atoms in total. The van der Waals surface area contributed by atoms with Gasteiger partial charge in [0.05, 0.1) is 24.1 Å². The van der Waals surface area contributed by atoms with Crippen molar-refractivity contribution in [3.05, 3.63) is 50.9 Å².